The summed E-state index contributed by atoms with van der Waals surface area (Å²) in [6.45, 7) is 4.78. The second kappa shape index (κ2) is 7.54. The quantitative estimate of drug-likeness (QED) is 0.637. The van der Waals surface area contributed by atoms with E-state index in [4.69, 9.17) is 10.2 Å². The zero-order chi connectivity index (χ0) is 17.9. The van der Waals surface area contributed by atoms with Crippen LogP contribution in [0.2, 0.25) is 0 Å². The van der Waals surface area contributed by atoms with Crippen molar-refractivity contribution in [2.24, 2.45) is 10.7 Å². The fraction of sp³-hybridized carbons (Fsp3) is 0.476. The van der Waals surface area contributed by atoms with Crippen LogP contribution in [0.1, 0.15) is 48.0 Å². The lowest BCUT2D eigenvalue weighted by Crippen LogP contribution is -2.30. The summed E-state index contributed by atoms with van der Waals surface area (Å²) in [4.78, 5) is 7.07. The van der Waals surface area contributed by atoms with Crippen molar-refractivity contribution in [3.8, 4) is 0 Å². The molecule has 0 spiro atoms. The molecule has 3 N–H and O–H groups in total. The third-order valence-corrected chi connectivity index (χ3v) is 5.48. The van der Waals surface area contributed by atoms with E-state index in [9.17, 15) is 0 Å². The number of nitrogens with zero attached hydrogens (tertiary/aromatic N) is 2. The van der Waals surface area contributed by atoms with Gasteiger partial charge in [-0.25, -0.2) is 0 Å². The number of benzene rings is 1. The summed E-state index contributed by atoms with van der Waals surface area (Å²) in [5.74, 6) is 2.39. The van der Waals surface area contributed by atoms with E-state index in [2.05, 4.69) is 39.5 Å². The average molecular weight is 352 g/mol. The topological polar surface area (TPSA) is 66.8 Å². The Morgan fingerprint density at radius 3 is 2.73 bits per heavy atom. The van der Waals surface area contributed by atoms with Crippen LogP contribution in [-0.4, -0.2) is 30.5 Å². The lowest BCUT2D eigenvalue weighted by molar-refractivity contribution is 0.219. The normalized spacial score (nSPS) is 18.9. The number of aryl methyl sites for hydroxylation is 3. The molecule has 2 heterocycles. The van der Waals surface area contributed by atoms with Crippen LogP contribution in [0.5, 0.6) is 0 Å². The Morgan fingerprint density at radius 2 is 1.96 bits per heavy atom. The second-order valence-corrected chi connectivity index (χ2v) is 7.40. The molecule has 1 aliphatic heterocycles. The summed E-state index contributed by atoms with van der Waals surface area (Å²) in [5.41, 5.74) is 10.1. The molecule has 1 fully saturated rings. The number of aliphatic imine (C=N–C) groups is 1. The minimum atomic E-state index is 0.159. The summed E-state index contributed by atoms with van der Waals surface area (Å²) >= 11 is 0. The Kier molecular flexibility index (Phi) is 4.98. The number of nitrogens with one attached hydrogen (secondary N) is 1. The molecule has 0 saturated carbocycles. The van der Waals surface area contributed by atoms with E-state index < -0.39 is 0 Å². The van der Waals surface area contributed by atoms with Crippen molar-refractivity contribution < 1.29 is 4.42 Å². The maximum absolute atomic E-state index is 6.17. The number of nitrogens with two attached hydrogens (primary N) is 1. The zero-order valence-electron chi connectivity index (χ0n) is 15.5. The highest BCUT2D eigenvalue weighted by Gasteiger charge is 2.25. The van der Waals surface area contributed by atoms with Gasteiger partial charge in [-0.05, 0) is 87.5 Å². The summed E-state index contributed by atoms with van der Waals surface area (Å²) < 4.78 is 5.89. The van der Waals surface area contributed by atoms with Crippen LogP contribution in [0, 0.1) is 6.92 Å². The van der Waals surface area contributed by atoms with Gasteiger partial charge in [-0.15, -0.1) is 0 Å². The van der Waals surface area contributed by atoms with Gasteiger partial charge in [0.05, 0.1) is 12.6 Å². The Labute approximate surface area is 155 Å². The molecule has 0 radical (unpaired) electrons. The molecule has 4 rings (SSSR count). The molecule has 5 nitrogen and oxygen atoms in total. The minimum Gasteiger partial charge on any atom is -0.465 e. The smallest absolute Gasteiger partial charge is 0.193 e. The van der Waals surface area contributed by atoms with Crippen LogP contribution in [0.4, 0.5) is 5.69 Å². The third-order valence-electron chi connectivity index (χ3n) is 5.48. The van der Waals surface area contributed by atoms with Gasteiger partial charge in [0.1, 0.15) is 11.5 Å². The molecule has 1 aromatic heterocycles. The van der Waals surface area contributed by atoms with Crippen molar-refractivity contribution in [3.05, 3.63) is 53.0 Å². The number of hydrogen-bond acceptors (Lipinski definition) is 3. The van der Waals surface area contributed by atoms with Crippen molar-refractivity contribution in [2.75, 3.05) is 25.0 Å². The fourth-order valence-corrected chi connectivity index (χ4v) is 4.09. The van der Waals surface area contributed by atoms with E-state index >= 15 is 0 Å². The highest BCUT2D eigenvalue weighted by molar-refractivity contribution is 5.92. The predicted molar refractivity (Wildman–Crippen MR) is 106 cm³/mol. The Balaban J connectivity index is 1.45. The molecule has 5 heteroatoms. The molecular weight excluding hydrogens is 324 g/mol. The van der Waals surface area contributed by atoms with Gasteiger partial charge < -0.3 is 15.5 Å². The predicted octanol–water partition coefficient (Wildman–Crippen LogP) is 3.64. The van der Waals surface area contributed by atoms with Crippen molar-refractivity contribution in [2.45, 2.75) is 45.1 Å². The molecular formula is C21H28N4O. The SMILES string of the molecule is Cc1ccc(C(CN=C(N)Nc2ccc3c(c2)CCC3)N2CCCC2)o1. The Bertz CT molecular complexity index is 789. The fourth-order valence-electron chi connectivity index (χ4n) is 4.09. The van der Waals surface area contributed by atoms with Gasteiger partial charge in [0, 0.05) is 5.69 Å². The number of likely N-dealkylation sites (tertiary alicyclic amines) is 1. The number of rotatable bonds is 5. The molecule has 0 amide bonds. The van der Waals surface area contributed by atoms with Crippen LogP contribution >= 0.6 is 0 Å². The van der Waals surface area contributed by atoms with Gasteiger partial charge in [-0.1, -0.05) is 6.07 Å². The molecule has 1 saturated heterocycles. The van der Waals surface area contributed by atoms with Crippen LogP contribution in [0.25, 0.3) is 0 Å². The largest absolute Gasteiger partial charge is 0.465 e. The highest BCUT2D eigenvalue weighted by atomic mass is 16.3. The standard InChI is InChI=1S/C21H28N4O/c1-15-7-10-20(26-15)19(25-11-2-3-12-25)14-23-21(22)24-18-9-8-16-5-4-6-17(16)13-18/h7-10,13,19H,2-6,11-12,14H2,1H3,(H3,22,23,24). The van der Waals surface area contributed by atoms with Crippen molar-refractivity contribution in [1.82, 2.24) is 4.90 Å². The van der Waals surface area contributed by atoms with Gasteiger partial charge in [-0.3, -0.25) is 9.89 Å². The lowest BCUT2D eigenvalue weighted by Gasteiger charge is -2.24. The first-order valence-electron chi connectivity index (χ1n) is 9.68. The second-order valence-electron chi connectivity index (χ2n) is 7.40. The van der Waals surface area contributed by atoms with E-state index in [-0.39, 0.29) is 6.04 Å². The maximum atomic E-state index is 6.17. The Morgan fingerprint density at radius 1 is 1.15 bits per heavy atom. The van der Waals surface area contributed by atoms with Crippen molar-refractivity contribution >= 4 is 11.6 Å². The van der Waals surface area contributed by atoms with E-state index in [1.165, 1.54) is 36.8 Å². The Hall–Kier alpha value is -2.27. The molecule has 2 aliphatic rings. The van der Waals surface area contributed by atoms with Crippen molar-refractivity contribution in [3.63, 3.8) is 0 Å². The molecule has 1 aliphatic carbocycles. The summed E-state index contributed by atoms with van der Waals surface area (Å²) in [6, 6.07) is 10.8. The lowest BCUT2D eigenvalue weighted by atomic mass is 10.1. The summed E-state index contributed by atoms with van der Waals surface area (Å²) in [7, 11) is 0. The van der Waals surface area contributed by atoms with Gasteiger partial charge in [0.15, 0.2) is 5.96 Å². The van der Waals surface area contributed by atoms with E-state index in [0.29, 0.717) is 12.5 Å². The molecule has 0 bridgehead atoms. The first kappa shape index (κ1) is 17.2. The number of anilines is 1. The number of furan rings is 1. The van der Waals surface area contributed by atoms with Crippen LogP contribution in [-0.2, 0) is 12.8 Å². The van der Waals surface area contributed by atoms with Crippen molar-refractivity contribution in [1.29, 1.82) is 0 Å². The first-order valence-corrected chi connectivity index (χ1v) is 9.68. The van der Waals surface area contributed by atoms with Gasteiger partial charge in [0.2, 0.25) is 0 Å². The number of guanidine groups is 1. The zero-order valence-corrected chi connectivity index (χ0v) is 15.5. The van der Waals surface area contributed by atoms with Crippen LogP contribution < -0.4 is 11.1 Å². The molecule has 138 valence electrons. The third kappa shape index (κ3) is 3.78. The number of fused-ring (bicyclic) bond motifs is 1. The average Bonchev–Trinajstić information content (AvgIpc) is 3.36. The van der Waals surface area contributed by atoms with Crippen LogP contribution in [0.3, 0.4) is 0 Å². The molecule has 1 unspecified atom stereocenters. The van der Waals surface area contributed by atoms with Crippen LogP contribution in [0.15, 0.2) is 39.7 Å². The monoisotopic (exact) mass is 352 g/mol. The van der Waals surface area contributed by atoms with E-state index in [1.54, 1.807) is 0 Å². The first-order chi connectivity index (χ1) is 12.7. The maximum Gasteiger partial charge on any atom is 0.193 e. The van der Waals surface area contributed by atoms with Gasteiger partial charge in [-0.2, -0.15) is 0 Å². The molecule has 26 heavy (non-hydrogen) atoms. The molecule has 1 atom stereocenters. The molecule has 1 aromatic carbocycles. The van der Waals surface area contributed by atoms with E-state index in [0.717, 1.165) is 36.7 Å². The summed E-state index contributed by atoms with van der Waals surface area (Å²) in [5, 5.41) is 3.25. The summed E-state index contributed by atoms with van der Waals surface area (Å²) in [6.07, 6.45) is 6.09. The van der Waals surface area contributed by atoms with Gasteiger partial charge in [0.25, 0.3) is 0 Å². The van der Waals surface area contributed by atoms with Gasteiger partial charge >= 0.3 is 0 Å². The molecule has 2 aromatic rings. The van der Waals surface area contributed by atoms with E-state index in [1.807, 2.05) is 13.0 Å². The minimum absolute atomic E-state index is 0.159. The number of hydrogen-bond donors (Lipinski definition) is 2. The highest BCUT2D eigenvalue weighted by Crippen LogP contribution is 2.27.